The lowest BCUT2D eigenvalue weighted by Gasteiger charge is -2.11. The summed E-state index contributed by atoms with van der Waals surface area (Å²) in [6.07, 6.45) is 4.48. The van der Waals surface area contributed by atoms with E-state index in [2.05, 4.69) is 67.0 Å². The van der Waals surface area contributed by atoms with E-state index in [0.29, 0.717) is 0 Å². The minimum absolute atomic E-state index is 0.272. The van der Waals surface area contributed by atoms with E-state index in [1.54, 1.807) is 6.20 Å². The zero-order chi connectivity index (χ0) is 11.5. The van der Waals surface area contributed by atoms with E-state index in [0.717, 1.165) is 16.7 Å². The lowest BCUT2D eigenvalue weighted by molar-refractivity contribution is 0.872. The number of rotatable bonds is 3. The van der Waals surface area contributed by atoms with Crippen LogP contribution in [0.15, 0.2) is 35.1 Å². The summed E-state index contributed by atoms with van der Waals surface area (Å²) in [5.41, 5.74) is 2.51. The highest BCUT2D eigenvalue weighted by atomic mass is 79.9. The summed E-state index contributed by atoms with van der Waals surface area (Å²) < 4.78 is 1.14. The average molecular weight is 344 g/mol. The Bertz CT molecular complexity index is 466. The Hall–Kier alpha value is -0.610. The van der Waals surface area contributed by atoms with Crippen molar-refractivity contribution in [3.8, 4) is 0 Å². The Labute approximate surface area is 112 Å². The zero-order valence-corrected chi connectivity index (χ0v) is 12.0. The van der Waals surface area contributed by atoms with Crippen molar-refractivity contribution in [1.82, 2.24) is 9.97 Å². The summed E-state index contributed by atoms with van der Waals surface area (Å²) >= 11 is 7.28. The fraction of sp³-hybridized carbons (Fsp3) is 0.250. The molecule has 2 rings (SSSR count). The van der Waals surface area contributed by atoms with Crippen LogP contribution in [0.2, 0.25) is 0 Å². The van der Waals surface area contributed by atoms with E-state index in [1.165, 1.54) is 11.1 Å². The number of nitrogens with zero attached hydrogens (tertiary/aromatic N) is 1. The fourth-order valence-electron chi connectivity index (χ4n) is 1.58. The monoisotopic (exact) mass is 342 g/mol. The van der Waals surface area contributed by atoms with Gasteiger partial charge < -0.3 is 4.98 Å². The summed E-state index contributed by atoms with van der Waals surface area (Å²) in [6, 6.07) is 6.39. The highest BCUT2D eigenvalue weighted by Crippen LogP contribution is 2.32. The predicted octanol–water partition coefficient (Wildman–Crippen LogP) is 4.16. The predicted molar refractivity (Wildman–Crippen MR) is 72.8 cm³/mol. The number of benzene rings is 1. The number of halogens is 2. The summed E-state index contributed by atoms with van der Waals surface area (Å²) in [7, 11) is 0. The molecule has 1 aromatic carbocycles. The zero-order valence-electron chi connectivity index (χ0n) is 8.87. The van der Waals surface area contributed by atoms with Crippen LogP contribution >= 0.6 is 31.9 Å². The van der Waals surface area contributed by atoms with Gasteiger partial charge in [-0.1, -0.05) is 44.0 Å². The summed E-state index contributed by atoms with van der Waals surface area (Å²) in [4.78, 5) is 7.61. The quantitative estimate of drug-likeness (QED) is 0.833. The van der Waals surface area contributed by atoms with Gasteiger partial charge in [0.2, 0.25) is 0 Å². The molecule has 1 unspecified atom stereocenters. The maximum atomic E-state index is 4.23. The lowest BCUT2D eigenvalue weighted by atomic mass is 10.1. The van der Waals surface area contributed by atoms with Gasteiger partial charge in [-0.15, -0.1) is 0 Å². The van der Waals surface area contributed by atoms with Gasteiger partial charge in [0.15, 0.2) is 0 Å². The summed E-state index contributed by atoms with van der Waals surface area (Å²) in [6.45, 7) is 2.09. The molecule has 0 fully saturated rings. The van der Waals surface area contributed by atoms with Crippen molar-refractivity contribution in [3.63, 3.8) is 0 Å². The largest absolute Gasteiger partial charge is 0.349 e. The van der Waals surface area contributed by atoms with Gasteiger partial charge >= 0.3 is 0 Å². The molecule has 0 aliphatic rings. The van der Waals surface area contributed by atoms with E-state index in [4.69, 9.17) is 0 Å². The van der Waals surface area contributed by atoms with Gasteiger partial charge in [-0.2, -0.15) is 0 Å². The van der Waals surface area contributed by atoms with Gasteiger partial charge in [-0.05, 0) is 24.1 Å². The van der Waals surface area contributed by atoms with Gasteiger partial charge in [0, 0.05) is 28.1 Å². The van der Waals surface area contributed by atoms with Crippen molar-refractivity contribution in [1.29, 1.82) is 0 Å². The van der Waals surface area contributed by atoms with E-state index in [1.807, 2.05) is 6.20 Å². The molecule has 2 nitrogen and oxygen atoms in total. The number of H-pyrrole nitrogens is 1. The van der Waals surface area contributed by atoms with Crippen LogP contribution in [-0.4, -0.2) is 9.97 Å². The molecule has 0 saturated heterocycles. The number of nitrogens with one attached hydrogen (secondary N) is 1. The summed E-state index contributed by atoms with van der Waals surface area (Å²) in [5.74, 6) is 0.995. The Balaban J connectivity index is 2.17. The van der Waals surface area contributed by atoms with Crippen LogP contribution in [0.4, 0.5) is 0 Å². The molecule has 0 saturated carbocycles. The first kappa shape index (κ1) is 11.9. The molecular formula is C12H12Br2N2. The number of alkyl halides is 1. The number of imidazole rings is 1. The van der Waals surface area contributed by atoms with E-state index in [-0.39, 0.29) is 4.83 Å². The van der Waals surface area contributed by atoms with Crippen LogP contribution in [0.25, 0.3) is 0 Å². The first-order chi connectivity index (χ1) is 7.66. The molecule has 2 aromatic rings. The van der Waals surface area contributed by atoms with Gasteiger partial charge in [0.05, 0.1) is 0 Å². The molecule has 0 spiro atoms. The van der Waals surface area contributed by atoms with E-state index >= 15 is 0 Å². The van der Waals surface area contributed by atoms with Gasteiger partial charge in [-0.25, -0.2) is 4.98 Å². The van der Waals surface area contributed by atoms with Gasteiger partial charge in [-0.3, -0.25) is 0 Å². The second-order valence-corrected chi connectivity index (χ2v) is 5.69. The number of aromatic amines is 1. The maximum absolute atomic E-state index is 4.23. The topological polar surface area (TPSA) is 28.7 Å². The van der Waals surface area contributed by atoms with Gasteiger partial charge in [0.25, 0.3) is 0 Å². The highest BCUT2D eigenvalue weighted by Gasteiger charge is 2.12. The second-order valence-electron chi connectivity index (χ2n) is 3.73. The maximum Gasteiger partial charge on any atom is 0.107 e. The molecule has 0 amide bonds. The normalized spacial score (nSPS) is 12.7. The van der Waals surface area contributed by atoms with Crippen LogP contribution < -0.4 is 0 Å². The van der Waals surface area contributed by atoms with Crippen LogP contribution in [0.1, 0.15) is 21.8 Å². The molecule has 4 heteroatoms. The molecule has 0 aliphatic heterocycles. The SMILES string of the molecule is Cc1ccc(C(Br)Cc2ncc[nH]2)c(Br)c1. The highest BCUT2D eigenvalue weighted by molar-refractivity contribution is 9.11. The Kier molecular flexibility index (Phi) is 3.82. The Morgan fingerprint density at radius 1 is 1.44 bits per heavy atom. The number of aryl methyl sites for hydroxylation is 1. The van der Waals surface area contributed by atoms with Crippen LogP contribution in [0, 0.1) is 6.92 Å². The van der Waals surface area contributed by atoms with E-state index in [9.17, 15) is 0 Å². The minimum atomic E-state index is 0.272. The van der Waals surface area contributed by atoms with E-state index < -0.39 is 0 Å². The second kappa shape index (κ2) is 5.15. The van der Waals surface area contributed by atoms with Crippen molar-refractivity contribution < 1.29 is 0 Å². The first-order valence-electron chi connectivity index (χ1n) is 5.05. The average Bonchev–Trinajstić information content (AvgIpc) is 2.70. The van der Waals surface area contributed by atoms with Gasteiger partial charge in [0.1, 0.15) is 5.82 Å². The third-order valence-corrected chi connectivity index (χ3v) is 3.92. The van der Waals surface area contributed by atoms with Crippen molar-refractivity contribution in [2.45, 2.75) is 18.2 Å². The molecule has 84 valence electrons. The number of hydrogen-bond donors (Lipinski definition) is 1. The number of hydrogen-bond acceptors (Lipinski definition) is 1. The molecule has 1 aromatic heterocycles. The first-order valence-corrected chi connectivity index (χ1v) is 6.76. The lowest BCUT2D eigenvalue weighted by Crippen LogP contribution is -1.98. The standard InChI is InChI=1S/C12H12Br2N2/c1-8-2-3-9(10(13)6-8)11(14)7-12-15-4-5-16-12/h2-6,11H,7H2,1H3,(H,15,16). The minimum Gasteiger partial charge on any atom is -0.349 e. The Morgan fingerprint density at radius 3 is 2.88 bits per heavy atom. The third kappa shape index (κ3) is 2.74. The fourth-order valence-corrected chi connectivity index (χ4v) is 3.36. The van der Waals surface area contributed by atoms with Crippen molar-refractivity contribution in [2.75, 3.05) is 0 Å². The van der Waals surface area contributed by atoms with Crippen molar-refractivity contribution in [2.24, 2.45) is 0 Å². The van der Waals surface area contributed by atoms with Crippen molar-refractivity contribution >= 4 is 31.9 Å². The Morgan fingerprint density at radius 2 is 2.25 bits per heavy atom. The third-order valence-electron chi connectivity index (χ3n) is 2.42. The molecule has 1 heterocycles. The molecule has 0 aliphatic carbocycles. The smallest absolute Gasteiger partial charge is 0.107 e. The molecule has 0 bridgehead atoms. The number of aromatic nitrogens is 2. The molecular weight excluding hydrogens is 332 g/mol. The molecule has 16 heavy (non-hydrogen) atoms. The molecule has 0 radical (unpaired) electrons. The van der Waals surface area contributed by atoms with Crippen LogP contribution in [0.5, 0.6) is 0 Å². The van der Waals surface area contributed by atoms with Crippen LogP contribution in [-0.2, 0) is 6.42 Å². The molecule has 1 N–H and O–H groups in total. The molecule has 1 atom stereocenters. The van der Waals surface area contributed by atoms with Crippen LogP contribution in [0.3, 0.4) is 0 Å². The van der Waals surface area contributed by atoms with Crippen molar-refractivity contribution in [3.05, 3.63) is 52.0 Å². The summed E-state index contributed by atoms with van der Waals surface area (Å²) in [5, 5.41) is 0.